The number of pyridine rings is 1. The molecule has 7 nitrogen and oxygen atoms in total. The number of nitrogens with zero attached hydrogens (tertiary/aromatic N) is 6. The molecule has 0 aliphatic carbocycles. The van der Waals surface area contributed by atoms with E-state index in [0.717, 1.165) is 49.2 Å². The minimum Gasteiger partial charge on any atom is -0.370 e. The Labute approximate surface area is 153 Å². The molecule has 3 aromatic rings. The van der Waals surface area contributed by atoms with Crippen molar-refractivity contribution < 1.29 is 0 Å². The molecule has 1 aromatic carbocycles. The number of anilines is 1. The summed E-state index contributed by atoms with van der Waals surface area (Å²) in [7, 11) is 0. The van der Waals surface area contributed by atoms with Crippen LogP contribution in [0.5, 0.6) is 0 Å². The van der Waals surface area contributed by atoms with E-state index in [1.165, 1.54) is 6.42 Å². The van der Waals surface area contributed by atoms with Crippen molar-refractivity contribution in [1.82, 2.24) is 30.1 Å². The van der Waals surface area contributed by atoms with Crippen LogP contribution in [0.1, 0.15) is 17.9 Å². The van der Waals surface area contributed by atoms with E-state index in [-0.39, 0.29) is 0 Å². The lowest BCUT2D eigenvalue weighted by molar-refractivity contribution is 0.307. The second-order valence-electron chi connectivity index (χ2n) is 6.78. The van der Waals surface area contributed by atoms with E-state index >= 15 is 0 Å². The molecule has 1 fully saturated rings. The van der Waals surface area contributed by atoms with Crippen LogP contribution >= 0.6 is 0 Å². The van der Waals surface area contributed by atoms with Gasteiger partial charge in [0, 0.05) is 18.8 Å². The quantitative estimate of drug-likeness (QED) is 0.736. The SMILES string of the molecule is Cc1cccc(NCC2CCN(Cc3nnnn3-c3ccccc3)C2)n1. The lowest BCUT2D eigenvalue weighted by Crippen LogP contribution is -2.24. The number of rotatable bonds is 6. The Balaban J connectivity index is 1.33. The molecule has 3 heterocycles. The van der Waals surface area contributed by atoms with E-state index in [1.54, 1.807) is 0 Å². The lowest BCUT2D eigenvalue weighted by Gasteiger charge is -2.16. The van der Waals surface area contributed by atoms with Crippen molar-refractivity contribution in [3.63, 3.8) is 0 Å². The maximum atomic E-state index is 4.50. The lowest BCUT2D eigenvalue weighted by atomic mass is 10.1. The topological polar surface area (TPSA) is 71.8 Å². The number of tetrazole rings is 1. The Hall–Kier alpha value is -2.80. The third-order valence-corrected chi connectivity index (χ3v) is 4.73. The second-order valence-corrected chi connectivity index (χ2v) is 6.78. The summed E-state index contributed by atoms with van der Waals surface area (Å²) in [6.07, 6.45) is 1.17. The van der Waals surface area contributed by atoms with Crippen LogP contribution in [0.2, 0.25) is 0 Å². The van der Waals surface area contributed by atoms with Crippen molar-refractivity contribution in [2.45, 2.75) is 19.9 Å². The summed E-state index contributed by atoms with van der Waals surface area (Å²) in [6.45, 7) is 5.83. The normalized spacial score (nSPS) is 17.5. The Bertz CT molecular complexity index is 846. The molecule has 4 rings (SSSR count). The molecule has 2 aromatic heterocycles. The average Bonchev–Trinajstić information content (AvgIpc) is 3.31. The first kappa shape index (κ1) is 16.7. The molecule has 0 saturated carbocycles. The Kier molecular flexibility index (Phi) is 4.88. The van der Waals surface area contributed by atoms with Crippen LogP contribution in [-0.2, 0) is 6.54 Å². The third-order valence-electron chi connectivity index (χ3n) is 4.73. The number of aromatic nitrogens is 5. The van der Waals surface area contributed by atoms with Gasteiger partial charge < -0.3 is 5.32 Å². The van der Waals surface area contributed by atoms with Crippen LogP contribution in [0.25, 0.3) is 5.69 Å². The van der Waals surface area contributed by atoms with Crippen LogP contribution in [0.15, 0.2) is 48.5 Å². The molecule has 0 bridgehead atoms. The van der Waals surface area contributed by atoms with E-state index in [1.807, 2.05) is 60.1 Å². The van der Waals surface area contributed by atoms with Gasteiger partial charge in [0.25, 0.3) is 0 Å². The predicted octanol–water partition coefficient (Wildman–Crippen LogP) is 2.30. The van der Waals surface area contributed by atoms with Crippen LogP contribution in [-0.4, -0.2) is 49.7 Å². The van der Waals surface area contributed by atoms with Gasteiger partial charge >= 0.3 is 0 Å². The van der Waals surface area contributed by atoms with Gasteiger partial charge in [0.05, 0.1) is 12.2 Å². The Morgan fingerprint density at radius 2 is 2.00 bits per heavy atom. The minimum absolute atomic E-state index is 0.610. The molecule has 1 aliphatic rings. The first-order valence-electron chi connectivity index (χ1n) is 9.00. The fourth-order valence-electron chi connectivity index (χ4n) is 3.39. The Morgan fingerprint density at radius 3 is 2.85 bits per heavy atom. The minimum atomic E-state index is 0.610. The maximum Gasteiger partial charge on any atom is 0.170 e. The zero-order chi connectivity index (χ0) is 17.8. The molecule has 1 aliphatic heterocycles. The molecule has 7 heteroatoms. The smallest absolute Gasteiger partial charge is 0.170 e. The van der Waals surface area contributed by atoms with Gasteiger partial charge in [-0.15, -0.1) is 5.10 Å². The molecule has 1 atom stereocenters. The van der Waals surface area contributed by atoms with Gasteiger partial charge in [0.1, 0.15) is 5.82 Å². The van der Waals surface area contributed by atoms with Gasteiger partial charge in [-0.2, -0.15) is 4.68 Å². The Morgan fingerprint density at radius 1 is 1.12 bits per heavy atom. The number of hydrogen-bond donors (Lipinski definition) is 1. The highest BCUT2D eigenvalue weighted by Crippen LogP contribution is 2.19. The van der Waals surface area contributed by atoms with Gasteiger partial charge in [-0.05, 0) is 60.5 Å². The number of para-hydroxylation sites is 1. The predicted molar refractivity (Wildman–Crippen MR) is 100 cm³/mol. The molecule has 1 saturated heterocycles. The second kappa shape index (κ2) is 7.61. The number of aryl methyl sites for hydroxylation is 1. The van der Waals surface area contributed by atoms with E-state index in [9.17, 15) is 0 Å². The number of likely N-dealkylation sites (tertiary alicyclic amines) is 1. The monoisotopic (exact) mass is 349 g/mol. The highest BCUT2D eigenvalue weighted by atomic mass is 15.5. The zero-order valence-electron chi connectivity index (χ0n) is 14.9. The summed E-state index contributed by atoms with van der Waals surface area (Å²) in [5, 5.41) is 15.7. The molecule has 1 N–H and O–H groups in total. The number of hydrogen-bond acceptors (Lipinski definition) is 6. The van der Waals surface area contributed by atoms with Gasteiger partial charge in [0.2, 0.25) is 0 Å². The van der Waals surface area contributed by atoms with Crippen molar-refractivity contribution in [2.24, 2.45) is 5.92 Å². The largest absolute Gasteiger partial charge is 0.370 e. The van der Waals surface area contributed by atoms with Crippen molar-refractivity contribution in [2.75, 3.05) is 25.0 Å². The van der Waals surface area contributed by atoms with E-state index in [0.29, 0.717) is 5.92 Å². The molecular formula is C19H23N7. The highest BCUT2D eigenvalue weighted by Gasteiger charge is 2.24. The molecule has 0 spiro atoms. The van der Waals surface area contributed by atoms with Crippen molar-refractivity contribution in [3.05, 3.63) is 60.0 Å². The fraction of sp³-hybridized carbons (Fsp3) is 0.368. The van der Waals surface area contributed by atoms with Crippen LogP contribution < -0.4 is 5.32 Å². The van der Waals surface area contributed by atoms with E-state index < -0.39 is 0 Å². The average molecular weight is 349 g/mol. The summed E-state index contributed by atoms with van der Waals surface area (Å²) < 4.78 is 1.82. The van der Waals surface area contributed by atoms with Gasteiger partial charge in [-0.25, -0.2) is 4.98 Å². The molecule has 26 heavy (non-hydrogen) atoms. The molecule has 1 unspecified atom stereocenters. The summed E-state index contributed by atoms with van der Waals surface area (Å²) in [6, 6.07) is 16.1. The summed E-state index contributed by atoms with van der Waals surface area (Å²) >= 11 is 0. The molecule has 134 valence electrons. The van der Waals surface area contributed by atoms with Gasteiger partial charge in [-0.1, -0.05) is 24.3 Å². The summed E-state index contributed by atoms with van der Waals surface area (Å²) in [5.74, 6) is 2.44. The van der Waals surface area contributed by atoms with Gasteiger partial charge in [-0.3, -0.25) is 4.90 Å². The van der Waals surface area contributed by atoms with Crippen molar-refractivity contribution in [1.29, 1.82) is 0 Å². The standard InChI is InChI=1S/C19H23N7/c1-15-6-5-9-18(21-15)20-12-16-10-11-25(13-16)14-19-22-23-24-26(19)17-7-3-2-4-8-17/h2-9,16H,10-14H2,1H3,(H,20,21). The van der Waals surface area contributed by atoms with Crippen LogP contribution in [0.4, 0.5) is 5.82 Å². The van der Waals surface area contributed by atoms with Crippen LogP contribution in [0.3, 0.4) is 0 Å². The molecule has 0 amide bonds. The third kappa shape index (κ3) is 3.88. The van der Waals surface area contributed by atoms with Crippen LogP contribution in [0, 0.1) is 12.8 Å². The summed E-state index contributed by atoms with van der Waals surface area (Å²) in [4.78, 5) is 6.92. The maximum absolute atomic E-state index is 4.50. The van der Waals surface area contributed by atoms with Gasteiger partial charge in [0.15, 0.2) is 5.82 Å². The van der Waals surface area contributed by atoms with Crippen molar-refractivity contribution in [3.8, 4) is 5.69 Å². The molecule has 0 radical (unpaired) electrons. The van der Waals surface area contributed by atoms with E-state index in [4.69, 9.17) is 0 Å². The first-order valence-corrected chi connectivity index (χ1v) is 9.00. The number of benzene rings is 1. The number of nitrogens with one attached hydrogen (secondary N) is 1. The summed E-state index contributed by atoms with van der Waals surface area (Å²) in [5.41, 5.74) is 2.03. The first-order chi connectivity index (χ1) is 12.8. The fourth-order valence-corrected chi connectivity index (χ4v) is 3.39. The molecular weight excluding hydrogens is 326 g/mol. The van der Waals surface area contributed by atoms with Crippen molar-refractivity contribution >= 4 is 5.82 Å². The highest BCUT2D eigenvalue weighted by molar-refractivity contribution is 5.35. The zero-order valence-corrected chi connectivity index (χ0v) is 14.9. The van der Waals surface area contributed by atoms with E-state index in [2.05, 4.69) is 30.7 Å².